The fourth-order valence-electron chi connectivity index (χ4n) is 0.715. The molecular formula is C9H6O3S. The summed E-state index contributed by atoms with van der Waals surface area (Å²) in [6.45, 7) is 0. The fraction of sp³-hybridized carbons (Fsp3) is 0.111. The van der Waals surface area contributed by atoms with Gasteiger partial charge in [0, 0.05) is 21.9 Å². The lowest BCUT2D eigenvalue weighted by molar-refractivity contribution is -0.135. The van der Waals surface area contributed by atoms with Crippen LogP contribution in [0.3, 0.4) is 0 Å². The molecule has 0 saturated heterocycles. The Morgan fingerprint density at radius 3 is 3.00 bits per heavy atom. The standard InChI is InChI=1S/C9H6O3S/c10-4-8-6-13-5-7(8)2-1-3-9(11)12/h4-6H,3H2,(H,11,12). The van der Waals surface area contributed by atoms with Gasteiger partial charge in [-0.15, -0.1) is 0 Å². The molecule has 0 radical (unpaired) electrons. The first-order valence-electron chi connectivity index (χ1n) is 3.46. The van der Waals surface area contributed by atoms with Crippen LogP contribution in [0.5, 0.6) is 0 Å². The van der Waals surface area contributed by atoms with E-state index in [0.717, 1.165) is 0 Å². The first kappa shape index (κ1) is 9.49. The summed E-state index contributed by atoms with van der Waals surface area (Å²) < 4.78 is 0. The van der Waals surface area contributed by atoms with Gasteiger partial charge in [-0.25, -0.2) is 0 Å². The molecule has 1 rings (SSSR count). The summed E-state index contributed by atoms with van der Waals surface area (Å²) in [4.78, 5) is 20.5. The van der Waals surface area contributed by atoms with Crippen molar-refractivity contribution in [1.29, 1.82) is 0 Å². The first-order chi connectivity index (χ1) is 6.24. The maximum atomic E-state index is 10.4. The van der Waals surface area contributed by atoms with Crippen LogP contribution in [0.15, 0.2) is 10.8 Å². The Balaban J connectivity index is 2.76. The maximum absolute atomic E-state index is 10.4. The first-order valence-corrected chi connectivity index (χ1v) is 4.40. The Bertz CT molecular complexity index is 381. The number of rotatable bonds is 2. The molecule has 1 heterocycles. The highest BCUT2D eigenvalue weighted by atomic mass is 32.1. The van der Waals surface area contributed by atoms with Crippen molar-refractivity contribution in [2.75, 3.05) is 0 Å². The molecule has 1 N–H and O–H groups in total. The summed E-state index contributed by atoms with van der Waals surface area (Å²) in [5.41, 5.74) is 1.11. The molecule has 1 aromatic heterocycles. The maximum Gasteiger partial charge on any atom is 0.315 e. The van der Waals surface area contributed by atoms with Crippen LogP contribution in [-0.2, 0) is 4.79 Å². The number of carbonyl (C=O) groups is 2. The monoisotopic (exact) mass is 194 g/mol. The third-order valence-electron chi connectivity index (χ3n) is 1.28. The van der Waals surface area contributed by atoms with E-state index >= 15 is 0 Å². The molecule has 0 fully saturated rings. The average molecular weight is 194 g/mol. The van der Waals surface area contributed by atoms with E-state index in [-0.39, 0.29) is 6.42 Å². The molecule has 0 bridgehead atoms. The zero-order valence-electron chi connectivity index (χ0n) is 6.61. The summed E-state index contributed by atoms with van der Waals surface area (Å²) in [5, 5.41) is 11.7. The molecule has 66 valence electrons. The van der Waals surface area contributed by atoms with Gasteiger partial charge in [0.25, 0.3) is 0 Å². The van der Waals surface area contributed by atoms with Crippen LogP contribution in [0, 0.1) is 11.8 Å². The number of aldehydes is 1. The van der Waals surface area contributed by atoms with Crippen LogP contribution >= 0.6 is 11.3 Å². The minimum absolute atomic E-state index is 0.200. The van der Waals surface area contributed by atoms with E-state index < -0.39 is 5.97 Å². The zero-order chi connectivity index (χ0) is 9.68. The lowest BCUT2D eigenvalue weighted by atomic mass is 10.2. The minimum atomic E-state index is -0.963. The van der Waals surface area contributed by atoms with Gasteiger partial charge in [-0.2, -0.15) is 11.3 Å². The van der Waals surface area contributed by atoms with Crippen molar-refractivity contribution < 1.29 is 14.7 Å². The van der Waals surface area contributed by atoms with Crippen LogP contribution in [0.2, 0.25) is 0 Å². The van der Waals surface area contributed by atoms with Gasteiger partial charge in [0.1, 0.15) is 6.42 Å². The molecule has 13 heavy (non-hydrogen) atoms. The summed E-state index contributed by atoms with van der Waals surface area (Å²) in [5.74, 6) is 4.12. The smallest absolute Gasteiger partial charge is 0.315 e. The van der Waals surface area contributed by atoms with E-state index in [4.69, 9.17) is 5.11 Å². The molecule has 0 amide bonds. The lowest BCUT2D eigenvalue weighted by Gasteiger charge is -1.82. The summed E-state index contributed by atoms with van der Waals surface area (Å²) in [6, 6.07) is 0. The third-order valence-corrected chi connectivity index (χ3v) is 2.04. The zero-order valence-corrected chi connectivity index (χ0v) is 7.43. The molecule has 4 heteroatoms. The number of aliphatic carboxylic acids is 1. The molecular weight excluding hydrogens is 188 g/mol. The number of hydrogen-bond donors (Lipinski definition) is 1. The molecule has 0 aliphatic heterocycles. The number of hydrogen-bond acceptors (Lipinski definition) is 3. The fourth-order valence-corrected chi connectivity index (χ4v) is 1.44. The Hall–Kier alpha value is -1.60. The molecule has 0 aliphatic carbocycles. The van der Waals surface area contributed by atoms with Gasteiger partial charge in [-0.3, -0.25) is 9.59 Å². The van der Waals surface area contributed by atoms with Crippen molar-refractivity contribution in [3.63, 3.8) is 0 Å². The number of thiophene rings is 1. The van der Waals surface area contributed by atoms with Crippen molar-refractivity contribution in [1.82, 2.24) is 0 Å². The van der Waals surface area contributed by atoms with E-state index in [2.05, 4.69) is 11.8 Å². The van der Waals surface area contributed by atoms with Gasteiger partial charge in [0.05, 0.1) is 0 Å². The highest BCUT2D eigenvalue weighted by Gasteiger charge is 1.98. The van der Waals surface area contributed by atoms with Crippen LogP contribution in [0.1, 0.15) is 22.3 Å². The SMILES string of the molecule is O=Cc1cscc1C#CCC(=O)O. The van der Waals surface area contributed by atoms with Gasteiger partial charge >= 0.3 is 5.97 Å². The largest absolute Gasteiger partial charge is 0.481 e. The normalized spacial score (nSPS) is 8.62. The number of carboxylic acids is 1. The molecule has 0 atom stereocenters. The third kappa shape index (κ3) is 2.73. The van der Waals surface area contributed by atoms with Crippen LogP contribution in [0.4, 0.5) is 0 Å². The Morgan fingerprint density at radius 1 is 1.62 bits per heavy atom. The molecule has 3 nitrogen and oxygen atoms in total. The Labute approximate surface area is 79.0 Å². The average Bonchev–Trinajstić information content (AvgIpc) is 2.51. The molecule has 0 aliphatic rings. The van der Waals surface area contributed by atoms with Crippen LogP contribution in [0.25, 0.3) is 0 Å². The molecule has 1 aromatic rings. The van der Waals surface area contributed by atoms with Gasteiger partial charge in [0.15, 0.2) is 6.29 Å². The van der Waals surface area contributed by atoms with Crippen LogP contribution < -0.4 is 0 Å². The Kier molecular flexibility index (Phi) is 3.23. The molecule has 0 unspecified atom stereocenters. The summed E-state index contributed by atoms with van der Waals surface area (Å²) in [6.07, 6.45) is 0.509. The second-order valence-corrected chi connectivity index (χ2v) is 2.97. The van der Waals surface area contributed by atoms with Gasteiger partial charge < -0.3 is 5.11 Å². The minimum Gasteiger partial charge on any atom is -0.481 e. The second kappa shape index (κ2) is 4.43. The van der Waals surface area contributed by atoms with Gasteiger partial charge in [0.2, 0.25) is 0 Å². The summed E-state index contributed by atoms with van der Waals surface area (Å²) in [7, 11) is 0. The highest BCUT2D eigenvalue weighted by molar-refractivity contribution is 7.08. The van der Waals surface area contributed by atoms with E-state index in [9.17, 15) is 9.59 Å². The van der Waals surface area contributed by atoms with Crippen molar-refractivity contribution in [3.8, 4) is 11.8 Å². The Morgan fingerprint density at radius 2 is 2.38 bits per heavy atom. The van der Waals surface area contributed by atoms with Gasteiger partial charge in [-0.05, 0) is 0 Å². The van der Waals surface area contributed by atoms with Crippen molar-refractivity contribution in [2.24, 2.45) is 0 Å². The number of carbonyl (C=O) groups excluding carboxylic acids is 1. The number of carboxylic acid groups (broad SMARTS) is 1. The predicted octanol–water partition coefficient (Wildman–Crippen LogP) is 1.39. The molecule has 0 saturated carbocycles. The predicted molar refractivity (Wildman–Crippen MR) is 48.8 cm³/mol. The van der Waals surface area contributed by atoms with Gasteiger partial charge in [-0.1, -0.05) is 11.8 Å². The van der Waals surface area contributed by atoms with Crippen molar-refractivity contribution >= 4 is 23.6 Å². The van der Waals surface area contributed by atoms with Crippen molar-refractivity contribution in [3.05, 3.63) is 21.9 Å². The molecule has 0 spiro atoms. The van der Waals surface area contributed by atoms with E-state index in [1.165, 1.54) is 11.3 Å². The lowest BCUT2D eigenvalue weighted by Crippen LogP contribution is -1.90. The summed E-state index contributed by atoms with van der Waals surface area (Å²) >= 11 is 1.37. The van der Waals surface area contributed by atoms with E-state index in [1.807, 2.05) is 0 Å². The van der Waals surface area contributed by atoms with E-state index in [1.54, 1.807) is 10.8 Å². The second-order valence-electron chi connectivity index (χ2n) is 2.23. The van der Waals surface area contributed by atoms with Crippen LogP contribution in [-0.4, -0.2) is 17.4 Å². The topological polar surface area (TPSA) is 54.4 Å². The quantitative estimate of drug-likeness (QED) is 0.571. The van der Waals surface area contributed by atoms with Crippen molar-refractivity contribution in [2.45, 2.75) is 6.42 Å². The molecule has 0 aromatic carbocycles. The highest BCUT2D eigenvalue weighted by Crippen LogP contribution is 2.10. The van der Waals surface area contributed by atoms with E-state index in [0.29, 0.717) is 17.4 Å².